The van der Waals surface area contributed by atoms with Crippen LogP contribution in [0.2, 0.25) is 0 Å². The predicted molar refractivity (Wildman–Crippen MR) is 55.6 cm³/mol. The molecule has 1 aliphatic rings. The van der Waals surface area contributed by atoms with Gasteiger partial charge in [0.25, 0.3) is 0 Å². The summed E-state index contributed by atoms with van der Waals surface area (Å²) in [5, 5.41) is 0. The minimum Gasteiger partial charge on any atom is -0.295 e. The van der Waals surface area contributed by atoms with Gasteiger partial charge in [-0.05, 0) is 43.6 Å². The van der Waals surface area contributed by atoms with Crippen LogP contribution in [0.3, 0.4) is 0 Å². The monoisotopic (exact) mass is 180 g/mol. The molecule has 0 heterocycles. The van der Waals surface area contributed by atoms with E-state index in [1.54, 1.807) is 13.0 Å². The van der Waals surface area contributed by atoms with Gasteiger partial charge in [-0.2, -0.15) is 0 Å². The van der Waals surface area contributed by atoms with Gasteiger partial charge in [-0.1, -0.05) is 26.3 Å². The van der Waals surface area contributed by atoms with Crippen LogP contribution in [0.25, 0.3) is 0 Å². The highest BCUT2D eigenvalue weighted by Gasteiger charge is 2.26. The van der Waals surface area contributed by atoms with Gasteiger partial charge in [0.15, 0.2) is 5.78 Å². The van der Waals surface area contributed by atoms with Gasteiger partial charge in [0.1, 0.15) is 0 Å². The summed E-state index contributed by atoms with van der Waals surface area (Å²) in [6.07, 6.45) is 8.95. The fourth-order valence-corrected chi connectivity index (χ4v) is 2.19. The molecule has 1 atom stereocenters. The molecule has 74 valence electrons. The third kappa shape index (κ3) is 3.75. The first-order chi connectivity index (χ1) is 5.99. The van der Waals surface area contributed by atoms with Crippen LogP contribution in [-0.4, -0.2) is 5.78 Å². The number of hydrogen-bond donors (Lipinski definition) is 0. The minimum atomic E-state index is 0.170. The minimum absolute atomic E-state index is 0.170. The maximum absolute atomic E-state index is 10.8. The Kier molecular flexibility index (Phi) is 3.29. The van der Waals surface area contributed by atoms with Crippen molar-refractivity contribution in [2.45, 2.75) is 46.5 Å². The summed E-state index contributed by atoms with van der Waals surface area (Å²) in [4.78, 5) is 10.8. The summed E-state index contributed by atoms with van der Waals surface area (Å²) < 4.78 is 0. The van der Waals surface area contributed by atoms with Gasteiger partial charge >= 0.3 is 0 Å². The Morgan fingerprint density at radius 3 is 2.69 bits per heavy atom. The molecule has 1 rings (SSSR count). The molecule has 0 N–H and O–H groups in total. The summed E-state index contributed by atoms with van der Waals surface area (Å²) in [6.45, 7) is 6.26. The molecule has 0 aliphatic heterocycles. The van der Waals surface area contributed by atoms with E-state index in [1.807, 2.05) is 0 Å². The number of allylic oxidation sites excluding steroid dienone is 2. The molecule has 1 heteroatoms. The van der Waals surface area contributed by atoms with Crippen molar-refractivity contribution in [2.75, 3.05) is 0 Å². The van der Waals surface area contributed by atoms with E-state index in [9.17, 15) is 4.79 Å². The molecule has 0 aromatic heterocycles. The van der Waals surface area contributed by atoms with Gasteiger partial charge < -0.3 is 0 Å². The van der Waals surface area contributed by atoms with Crippen molar-refractivity contribution in [1.29, 1.82) is 0 Å². The van der Waals surface area contributed by atoms with E-state index in [4.69, 9.17) is 0 Å². The third-order valence-electron chi connectivity index (χ3n) is 2.85. The molecule has 0 spiro atoms. The normalized spacial score (nSPS) is 27.8. The van der Waals surface area contributed by atoms with E-state index >= 15 is 0 Å². The number of rotatable bonds is 2. The van der Waals surface area contributed by atoms with Gasteiger partial charge in [0, 0.05) is 0 Å². The van der Waals surface area contributed by atoms with Crippen molar-refractivity contribution < 1.29 is 4.79 Å². The van der Waals surface area contributed by atoms with Crippen LogP contribution in [0.1, 0.15) is 46.5 Å². The Morgan fingerprint density at radius 2 is 2.15 bits per heavy atom. The van der Waals surface area contributed by atoms with Crippen LogP contribution >= 0.6 is 0 Å². The summed E-state index contributed by atoms with van der Waals surface area (Å²) >= 11 is 0. The van der Waals surface area contributed by atoms with Crippen molar-refractivity contribution in [3.05, 3.63) is 12.2 Å². The Balaban J connectivity index is 2.48. The van der Waals surface area contributed by atoms with Crippen molar-refractivity contribution in [2.24, 2.45) is 11.3 Å². The molecule has 0 bridgehead atoms. The molecule has 1 unspecified atom stereocenters. The Bertz CT molecular complexity index is 213. The zero-order valence-electron chi connectivity index (χ0n) is 8.97. The highest BCUT2D eigenvalue weighted by atomic mass is 16.1. The van der Waals surface area contributed by atoms with Crippen LogP contribution in [0.5, 0.6) is 0 Å². The van der Waals surface area contributed by atoms with E-state index in [-0.39, 0.29) is 5.78 Å². The molecular weight excluding hydrogens is 160 g/mol. The van der Waals surface area contributed by atoms with E-state index in [1.165, 1.54) is 25.7 Å². The van der Waals surface area contributed by atoms with Crippen LogP contribution in [0.15, 0.2) is 12.2 Å². The van der Waals surface area contributed by atoms with Crippen molar-refractivity contribution in [1.82, 2.24) is 0 Å². The number of carbonyl (C=O) groups excluding carboxylic acids is 1. The fourth-order valence-electron chi connectivity index (χ4n) is 2.19. The standard InChI is InChI=1S/C12H20O/c1-10(13)6-7-11-5-4-8-12(2,3)9-11/h6-7,11H,4-5,8-9H2,1-3H3/b7-6+. The van der Waals surface area contributed by atoms with Crippen LogP contribution in [-0.2, 0) is 4.79 Å². The van der Waals surface area contributed by atoms with E-state index in [0.29, 0.717) is 11.3 Å². The van der Waals surface area contributed by atoms with E-state index in [2.05, 4.69) is 19.9 Å². The maximum Gasteiger partial charge on any atom is 0.152 e. The highest BCUT2D eigenvalue weighted by molar-refractivity contribution is 5.87. The Morgan fingerprint density at radius 1 is 1.46 bits per heavy atom. The number of ketones is 1. The van der Waals surface area contributed by atoms with Crippen LogP contribution in [0.4, 0.5) is 0 Å². The topological polar surface area (TPSA) is 17.1 Å². The van der Waals surface area contributed by atoms with Gasteiger partial charge in [-0.25, -0.2) is 0 Å². The van der Waals surface area contributed by atoms with E-state index < -0.39 is 0 Å². The Hall–Kier alpha value is -0.590. The lowest BCUT2D eigenvalue weighted by Gasteiger charge is -2.33. The first-order valence-corrected chi connectivity index (χ1v) is 5.18. The van der Waals surface area contributed by atoms with Gasteiger partial charge in [-0.3, -0.25) is 4.79 Å². The van der Waals surface area contributed by atoms with Gasteiger partial charge in [-0.15, -0.1) is 0 Å². The van der Waals surface area contributed by atoms with Crippen molar-refractivity contribution >= 4 is 5.78 Å². The molecule has 1 nitrogen and oxygen atoms in total. The van der Waals surface area contributed by atoms with E-state index in [0.717, 1.165) is 0 Å². The molecule has 0 aromatic rings. The second-order valence-corrected chi connectivity index (χ2v) is 4.99. The first kappa shape index (κ1) is 10.5. The molecule has 1 fully saturated rings. The van der Waals surface area contributed by atoms with Crippen LogP contribution < -0.4 is 0 Å². The van der Waals surface area contributed by atoms with Gasteiger partial charge in [0.2, 0.25) is 0 Å². The summed E-state index contributed by atoms with van der Waals surface area (Å²) in [5.41, 5.74) is 0.476. The molecule has 1 saturated carbocycles. The number of hydrogen-bond acceptors (Lipinski definition) is 1. The Labute approximate surface area is 81.2 Å². The zero-order chi connectivity index (χ0) is 9.90. The smallest absolute Gasteiger partial charge is 0.152 e. The third-order valence-corrected chi connectivity index (χ3v) is 2.85. The average molecular weight is 180 g/mol. The summed E-state index contributed by atoms with van der Waals surface area (Å²) in [7, 11) is 0. The van der Waals surface area contributed by atoms with Crippen molar-refractivity contribution in [3.8, 4) is 0 Å². The lowest BCUT2D eigenvalue weighted by molar-refractivity contribution is -0.112. The quantitative estimate of drug-likeness (QED) is 0.596. The van der Waals surface area contributed by atoms with Crippen LogP contribution in [0, 0.1) is 11.3 Å². The molecule has 1 aliphatic carbocycles. The lowest BCUT2D eigenvalue weighted by atomic mass is 9.72. The molecule has 0 saturated heterocycles. The van der Waals surface area contributed by atoms with Crippen molar-refractivity contribution in [3.63, 3.8) is 0 Å². The molecule has 13 heavy (non-hydrogen) atoms. The largest absolute Gasteiger partial charge is 0.295 e. The molecule has 0 radical (unpaired) electrons. The predicted octanol–water partition coefficient (Wildman–Crippen LogP) is 3.35. The van der Waals surface area contributed by atoms with Gasteiger partial charge in [0.05, 0.1) is 0 Å². The summed E-state index contributed by atoms with van der Waals surface area (Å²) in [5.74, 6) is 0.802. The maximum atomic E-state index is 10.8. The zero-order valence-corrected chi connectivity index (χ0v) is 8.97. The second-order valence-electron chi connectivity index (χ2n) is 4.99. The molecule has 0 aromatic carbocycles. The first-order valence-electron chi connectivity index (χ1n) is 5.18. The molecular formula is C12H20O. The fraction of sp³-hybridized carbons (Fsp3) is 0.750. The highest BCUT2D eigenvalue weighted by Crippen LogP contribution is 2.38. The molecule has 0 amide bonds. The SMILES string of the molecule is CC(=O)/C=C/C1CCCC(C)(C)C1. The number of carbonyl (C=O) groups is 1. The average Bonchev–Trinajstić information content (AvgIpc) is 1.99. The second kappa shape index (κ2) is 4.08. The lowest BCUT2D eigenvalue weighted by Crippen LogP contribution is -2.21. The summed E-state index contributed by atoms with van der Waals surface area (Å²) in [6, 6.07) is 0.